The largest absolute Gasteiger partial charge is 0.374 e. The van der Waals surface area contributed by atoms with Gasteiger partial charge in [0.15, 0.2) is 0 Å². The number of benzene rings is 1. The predicted octanol–water partition coefficient (Wildman–Crippen LogP) is 3.91. The van der Waals surface area contributed by atoms with Crippen LogP contribution in [0.3, 0.4) is 0 Å². The van der Waals surface area contributed by atoms with E-state index in [1.165, 1.54) is 17.7 Å². The van der Waals surface area contributed by atoms with Gasteiger partial charge in [-0.25, -0.2) is 0 Å². The summed E-state index contributed by atoms with van der Waals surface area (Å²) >= 11 is 0. The lowest BCUT2D eigenvalue weighted by molar-refractivity contribution is 0.551. The second kappa shape index (κ2) is 8.21. The van der Waals surface area contributed by atoms with Crippen molar-refractivity contribution in [3.05, 3.63) is 29.8 Å². The van der Waals surface area contributed by atoms with Crippen LogP contribution in [-0.4, -0.2) is 20.1 Å². The molecule has 0 atom stereocenters. The summed E-state index contributed by atoms with van der Waals surface area (Å²) in [7, 11) is 2.20. The van der Waals surface area contributed by atoms with E-state index in [1.807, 2.05) is 0 Å². The van der Waals surface area contributed by atoms with Crippen LogP contribution in [-0.2, 0) is 6.54 Å². The lowest BCUT2D eigenvalue weighted by Crippen LogP contribution is -2.24. The highest BCUT2D eigenvalue weighted by Crippen LogP contribution is 2.20. The first-order valence-corrected chi connectivity index (χ1v) is 7.50. The van der Waals surface area contributed by atoms with Crippen LogP contribution in [0.2, 0.25) is 0 Å². The SMILES string of the molecule is CC(C)CCN(C)c1ccccc1CNCC(C)C. The number of nitrogens with zero attached hydrogens (tertiary/aromatic N) is 1. The molecule has 0 amide bonds. The molecule has 0 unspecified atom stereocenters. The quantitative estimate of drug-likeness (QED) is 0.764. The zero-order chi connectivity index (χ0) is 14.3. The second-order valence-corrected chi connectivity index (χ2v) is 6.26. The van der Waals surface area contributed by atoms with Crippen molar-refractivity contribution in [3.8, 4) is 0 Å². The Morgan fingerprint density at radius 3 is 2.37 bits per heavy atom. The van der Waals surface area contributed by atoms with Crippen molar-refractivity contribution < 1.29 is 0 Å². The number of rotatable bonds is 8. The summed E-state index contributed by atoms with van der Waals surface area (Å²) in [5.41, 5.74) is 2.76. The summed E-state index contributed by atoms with van der Waals surface area (Å²) in [4.78, 5) is 2.38. The maximum Gasteiger partial charge on any atom is 0.0409 e. The number of nitrogens with one attached hydrogen (secondary N) is 1. The van der Waals surface area contributed by atoms with Gasteiger partial charge in [0.25, 0.3) is 0 Å². The third kappa shape index (κ3) is 6.11. The molecule has 1 rings (SSSR count). The zero-order valence-corrected chi connectivity index (χ0v) is 13.2. The van der Waals surface area contributed by atoms with Crippen molar-refractivity contribution in [3.63, 3.8) is 0 Å². The molecule has 0 heterocycles. The standard InChI is InChI=1S/C17H30N2/c1-14(2)10-11-19(5)17-9-7-6-8-16(17)13-18-12-15(3)4/h6-9,14-15,18H,10-13H2,1-5H3. The molecule has 0 aliphatic rings. The fraction of sp³-hybridized carbons (Fsp3) is 0.647. The van der Waals surface area contributed by atoms with E-state index in [4.69, 9.17) is 0 Å². The van der Waals surface area contributed by atoms with E-state index in [0.29, 0.717) is 5.92 Å². The molecule has 1 N–H and O–H groups in total. The lowest BCUT2D eigenvalue weighted by Gasteiger charge is -2.23. The van der Waals surface area contributed by atoms with Gasteiger partial charge in [-0.3, -0.25) is 0 Å². The highest BCUT2D eigenvalue weighted by atomic mass is 15.1. The van der Waals surface area contributed by atoms with Crippen molar-refractivity contribution >= 4 is 5.69 Å². The molecule has 2 heteroatoms. The van der Waals surface area contributed by atoms with Gasteiger partial charge in [-0.1, -0.05) is 45.9 Å². The first-order valence-electron chi connectivity index (χ1n) is 7.50. The van der Waals surface area contributed by atoms with Crippen LogP contribution in [0.25, 0.3) is 0 Å². The molecule has 108 valence electrons. The zero-order valence-electron chi connectivity index (χ0n) is 13.2. The summed E-state index contributed by atoms with van der Waals surface area (Å²) in [6.07, 6.45) is 1.24. The monoisotopic (exact) mass is 262 g/mol. The van der Waals surface area contributed by atoms with Gasteiger partial charge in [0.2, 0.25) is 0 Å². The molecule has 1 aromatic rings. The Labute approximate surface area is 119 Å². The smallest absolute Gasteiger partial charge is 0.0409 e. The molecule has 0 fully saturated rings. The Morgan fingerprint density at radius 2 is 1.74 bits per heavy atom. The molecule has 2 nitrogen and oxygen atoms in total. The summed E-state index contributed by atoms with van der Waals surface area (Å²) in [6, 6.07) is 8.72. The van der Waals surface area contributed by atoms with E-state index in [2.05, 4.69) is 69.2 Å². The van der Waals surface area contributed by atoms with Gasteiger partial charge >= 0.3 is 0 Å². The van der Waals surface area contributed by atoms with Crippen LogP contribution in [0.1, 0.15) is 39.7 Å². The van der Waals surface area contributed by atoms with Crippen molar-refractivity contribution in [1.82, 2.24) is 5.32 Å². The summed E-state index contributed by atoms with van der Waals surface area (Å²) in [5, 5.41) is 3.53. The molecule has 0 aliphatic heterocycles. The predicted molar refractivity (Wildman–Crippen MR) is 85.7 cm³/mol. The Hall–Kier alpha value is -1.02. The van der Waals surface area contributed by atoms with E-state index < -0.39 is 0 Å². The molecule has 0 aliphatic carbocycles. The number of hydrogen-bond donors (Lipinski definition) is 1. The van der Waals surface area contributed by atoms with Crippen LogP contribution >= 0.6 is 0 Å². The Balaban J connectivity index is 2.61. The second-order valence-electron chi connectivity index (χ2n) is 6.26. The Morgan fingerprint density at radius 1 is 1.05 bits per heavy atom. The van der Waals surface area contributed by atoms with Crippen LogP contribution in [0, 0.1) is 11.8 Å². The maximum atomic E-state index is 3.53. The third-order valence-electron chi connectivity index (χ3n) is 3.31. The lowest BCUT2D eigenvalue weighted by atomic mass is 10.1. The molecule has 0 aromatic heterocycles. The Bertz CT molecular complexity index is 358. The van der Waals surface area contributed by atoms with Gasteiger partial charge in [0.1, 0.15) is 0 Å². The molecule has 0 spiro atoms. The van der Waals surface area contributed by atoms with Crippen molar-refractivity contribution in [2.75, 3.05) is 25.0 Å². The highest BCUT2D eigenvalue weighted by molar-refractivity contribution is 5.52. The summed E-state index contributed by atoms with van der Waals surface area (Å²) in [5.74, 6) is 1.46. The summed E-state index contributed by atoms with van der Waals surface area (Å²) in [6.45, 7) is 12.2. The molecule has 0 bridgehead atoms. The minimum Gasteiger partial charge on any atom is -0.374 e. The van der Waals surface area contributed by atoms with Gasteiger partial charge in [0, 0.05) is 25.8 Å². The van der Waals surface area contributed by atoms with Gasteiger partial charge in [-0.2, -0.15) is 0 Å². The number of anilines is 1. The molecule has 1 aromatic carbocycles. The van der Waals surface area contributed by atoms with Crippen LogP contribution in [0.4, 0.5) is 5.69 Å². The van der Waals surface area contributed by atoms with Crippen LogP contribution in [0.15, 0.2) is 24.3 Å². The minimum atomic E-state index is 0.700. The highest BCUT2D eigenvalue weighted by Gasteiger charge is 2.07. The molecule has 19 heavy (non-hydrogen) atoms. The first kappa shape index (κ1) is 16.0. The number of hydrogen-bond acceptors (Lipinski definition) is 2. The van der Waals surface area contributed by atoms with E-state index in [0.717, 1.165) is 25.6 Å². The van der Waals surface area contributed by atoms with Crippen molar-refractivity contribution in [2.24, 2.45) is 11.8 Å². The van der Waals surface area contributed by atoms with Crippen molar-refractivity contribution in [1.29, 1.82) is 0 Å². The molecule has 0 radical (unpaired) electrons. The molecular weight excluding hydrogens is 232 g/mol. The van der Waals surface area contributed by atoms with Gasteiger partial charge < -0.3 is 10.2 Å². The van der Waals surface area contributed by atoms with E-state index in [-0.39, 0.29) is 0 Å². The maximum absolute atomic E-state index is 3.53. The van der Waals surface area contributed by atoms with Gasteiger partial charge in [0.05, 0.1) is 0 Å². The number of para-hydroxylation sites is 1. The molecule has 0 saturated heterocycles. The fourth-order valence-electron chi connectivity index (χ4n) is 2.10. The summed E-state index contributed by atoms with van der Waals surface area (Å²) < 4.78 is 0. The van der Waals surface area contributed by atoms with E-state index >= 15 is 0 Å². The van der Waals surface area contributed by atoms with Crippen LogP contribution in [0.5, 0.6) is 0 Å². The van der Waals surface area contributed by atoms with E-state index in [1.54, 1.807) is 0 Å². The van der Waals surface area contributed by atoms with Gasteiger partial charge in [-0.05, 0) is 36.4 Å². The average Bonchev–Trinajstić information content (AvgIpc) is 2.36. The normalized spacial score (nSPS) is 11.3. The van der Waals surface area contributed by atoms with Crippen molar-refractivity contribution in [2.45, 2.75) is 40.7 Å². The minimum absolute atomic E-state index is 0.700. The molecular formula is C17H30N2. The fourth-order valence-corrected chi connectivity index (χ4v) is 2.10. The van der Waals surface area contributed by atoms with E-state index in [9.17, 15) is 0 Å². The third-order valence-corrected chi connectivity index (χ3v) is 3.31. The molecule has 0 saturated carbocycles. The average molecular weight is 262 g/mol. The van der Waals surface area contributed by atoms with Crippen LogP contribution < -0.4 is 10.2 Å². The first-order chi connectivity index (χ1) is 9.00. The van der Waals surface area contributed by atoms with Gasteiger partial charge in [-0.15, -0.1) is 0 Å². The Kier molecular flexibility index (Phi) is 6.93. The topological polar surface area (TPSA) is 15.3 Å².